The van der Waals surface area contributed by atoms with Crippen molar-refractivity contribution >= 4 is 5.97 Å². The van der Waals surface area contributed by atoms with Gasteiger partial charge in [-0.05, 0) is 54.7 Å². The fourth-order valence-corrected chi connectivity index (χ4v) is 6.79. The highest BCUT2D eigenvalue weighted by atomic mass is 16.6. The molecule has 39 heavy (non-hydrogen) atoms. The molecule has 2 saturated carbocycles. The summed E-state index contributed by atoms with van der Waals surface area (Å²) in [5, 5.41) is 16.3. The fraction of sp³-hybridized carbons (Fsp3) is 0.457. The number of hydrogen-bond donors (Lipinski definition) is 2. The van der Waals surface area contributed by atoms with Crippen molar-refractivity contribution in [3.63, 3.8) is 0 Å². The van der Waals surface area contributed by atoms with E-state index >= 15 is 0 Å². The van der Waals surface area contributed by atoms with E-state index in [0.717, 1.165) is 62.5 Å². The number of aliphatic hydroxyl groups is 1. The van der Waals surface area contributed by atoms with E-state index in [4.69, 9.17) is 4.74 Å². The normalized spacial score (nSPS) is 22.5. The van der Waals surface area contributed by atoms with Crippen LogP contribution in [0.25, 0.3) is 0 Å². The zero-order valence-electron chi connectivity index (χ0n) is 23.0. The first-order valence-electron chi connectivity index (χ1n) is 14.9. The van der Waals surface area contributed by atoms with Gasteiger partial charge in [-0.25, -0.2) is 4.79 Å². The standard InChI is InChI=1S/C35H43NO3/c37-34(39-32-24-14-13-23-31(32)29-19-9-3-10-20-29)35(38,25-27-15-5-1-6-16-27)33(30-21-11-4-12-22-30)36-26-28-17-7-2-8-18-28/h1-3,5-10,15-20,30-33,36,38H,4,11-14,21-26H2/t31-,32+,33-,35+/m0/s1. The lowest BCUT2D eigenvalue weighted by Gasteiger charge is -2.42. The van der Waals surface area contributed by atoms with E-state index in [1.165, 1.54) is 12.0 Å². The van der Waals surface area contributed by atoms with Crippen LogP contribution in [0, 0.1) is 5.92 Å². The van der Waals surface area contributed by atoms with Crippen LogP contribution in [0.5, 0.6) is 0 Å². The molecule has 5 rings (SSSR count). The van der Waals surface area contributed by atoms with Crippen molar-refractivity contribution in [3.8, 4) is 0 Å². The summed E-state index contributed by atoms with van der Waals surface area (Å²) in [7, 11) is 0. The molecule has 0 aromatic heterocycles. The van der Waals surface area contributed by atoms with E-state index in [9.17, 15) is 9.90 Å². The summed E-state index contributed by atoms with van der Waals surface area (Å²) in [6.07, 6.45) is 9.49. The number of benzene rings is 3. The van der Waals surface area contributed by atoms with Crippen LogP contribution in [-0.4, -0.2) is 28.8 Å². The highest BCUT2D eigenvalue weighted by Gasteiger charge is 2.50. The van der Waals surface area contributed by atoms with Crippen LogP contribution in [0.4, 0.5) is 0 Å². The van der Waals surface area contributed by atoms with Crippen molar-refractivity contribution in [1.82, 2.24) is 5.32 Å². The number of nitrogens with one attached hydrogen (secondary N) is 1. The van der Waals surface area contributed by atoms with Crippen molar-refractivity contribution in [1.29, 1.82) is 0 Å². The molecule has 2 aliphatic carbocycles. The second-order valence-electron chi connectivity index (χ2n) is 11.6. The molecule has 0 heterocycles. The van der Waals surface area contributed by atoms with Crippen LogP contribution in [0.15, 0.2) is 91.0 Å². The Morgan fingerprint density at radius 3 is 2.00 bits per heavy atom. The Morgan fingerprint density at radius 1 is 0.769 bits per heavy atom. The molecule has 0 aliphatic heterocycles. The predicted molar refractivity (Wildman–Crippen MR) is 156 cm³/mol. The average molecular weight is 526 g/mol. The van der Waals surface area contributed by atoms with E-state index < -0.39 is 17.6 Å². The first-order chi connectivity index (χ1) is 19.1. The summed E-state index contributed by atoms with van der Waals surface area (Å²) in [6.45, 7) is 0.600. The fourth-order valence-electron chi connectivity index (χ4n) is 6.79. The molecule has 206 valence electrons. The largest absolute Gasteiger partial charge is 0.460 e. The average Bonchev–Trinajstić information content (AvgIpc) is 2.99. The topological polar surface area (TPSA) is 58.6 Å². The van der Waals surface area contributed by atoms with Gasteiger partial charge in [0, 0.05) is 18.9 Å². The van der Waals surface area contributed by atoms with Crippen LogP contribution in [0.3, 0.4) is 0 Å². The van der Waals surface area contributed by atoms with Crippen molar-refractivity contribution in [2.45, 2.75) is 94.4 Å². The molecule has 0 amide bonds. The van der Waals surface area contributed by atoms with Gasteiger partial charge in [0.2, 0.25) is 0 Å². The molecular weight excluding hydrogens is 482 g/mol. The quantitative estimate of drug-likeness (QED) is 0.281. The van der Waals surface area contributed by atoms with Gasteiger partial charge in [-0.3, -0.25) is 0 Å². The highest BCUT2D eigenvalue weighted by Crippen LogP contribution is 2.38. The van der Waals surface area contributed by atoms with Gasteiger partial charge in [-0.2, -0.15) is 0 Å². The molecule has 0 saturated heterocycles. The Morgan fingerprint density at radius 2 is 1.33 bits per heavy atom. The van der Waals surface area contributed by atoms with Crippen molar-refractivity contribution in [2.75, 3.05) is 0 Å². The first-order valence-corrected chi connectivity index (χ1v) is 14.9. The smallest absolute Gasteiger partial charge is 0.340 e. The zero-order valence-corrected chi connectivity index (χ0v) is 23.0. The van der Waals surface area contributed by atoms with E-state index in [0.29, 0.717) is 6.54 Å². The summed E-state index contributed by atoms with van der Waals surface area (Å²) >= 11 is 0. The van der Waals surface area contributed by atoms with Gasteiger partial charge in [0.15, 0.2) is 5.60 Å². The maximum absolute atomic E-state index is 14.3. The van der Waals surface area contributed by atoms with Crippen LogP contribution in [-0.2, 0) is 22.5 Å². The van der Waals surface area contributed by atoms with Crippen LogP contribution in [0.1, 0.15) is 80.4 Å². The lowest BCUT2D eigenvalue weighted by atomic mass is 9.74. The molecule has 2 aliphatic rings. The Labute approximate surface area is 233 Å². The van der Waals surface area contributed by atoms with Gasteiger partial charge in [0.05, 0.1) is 6.04 Å². The molecule has 4 atom stereocenters. The predicted octanol–water partition coefficient (Wildman–Crippen LogP) is 6.97. The van der Waals surface area contributed by atoms with E-state index in [1.807, 2.05) is 54.6 Å². The van der Waals surface area contributed by atoms with Gasteiger partial charge in [0.25, 0.3) is 0 Å². The second kappa shape index (κ2) is 13.4. The van der Waals surface area contributed by atoms with Crippen molar-refractivity contribution in [3.05, 3.63) is 108 Å². The van der Waals surface area contributed by atoms with E-state index in [-0.39, 0.29) is 24.4 Å². The first kappa shape index (κ1) is 27.6. The van der Waals surface area contributed by atoms with Gasteiger partial charge < -0.3 is 15.2 Å². The maximum atomic E-state index is 14.3. The van der Waals surface area contributed by atoms with Crippen LogP contribution < -0.4 is 5.32 Å². The Balaban J connectivity index is 1.45. The van der Waals surface area contributed by atoms with Crippen molar-refractivity contribution < 1.29 is 14.6 Å². The minimum Gasteiger partial charge on any atom is -0.460 e. The molecule has 0 unspecified atom stereocenters. The molecule has 0 spiro atoms. The molecule has 3 aromatic carbocycles. The molecule has 3 aromatic rings. The number of rotatable bonds is 10. The van der Waals surface area contributed by atoms with Gasteiger partial charge in [-0.15, -0.1) is 0 Å². The number of ether oxygens (including phenoxy) is 1. The summed E-state index contributed by atoms with van der Waals surface area (Å²) < 4.78 is 6.39. The van der Waals surface area contributed by atoms with E-state index in [1.54, 1.807) is 0 Å². The van der Waals surface area contributed by atoms with Gasteiger partial charge in [0.1, 0.15) is 6.10 Å². The second-order valence-corrected chi connectivity index (χ2v) is 11.6. The molecule has 2 fully saturated rings. The van der Waals surface area contributed by atoms with Crippen LogP contribution >= 0.6 is 0 Å². The number of carbonyl (C=O) groups excluding carboxylic acids is 1. The number of hydrogen-bond acceptors (Lipinski definition) is 4. The lowest BCUT2D eigenvalue weighted by molar-refractivity contribution is -0.179. The maximum Gasteiger partial charge on any atom is 0.340 e. The Bertz CT molecular complexity index is 1150. The third-order valence-corrected chi connectivity index (χ3v) is 8.86. The summed E-state index contributed by atoms with van der Waals surface area (Å²) in [5.74, 6) is -0.106. The van der Waals surface area contributed by atoms with Crippen LogP contribution in [0.2, 0.25) is 0 Å². The molecule has 0 bridgehead atoms. The zero-order chi connectivity index (χ0) is 26.9. The summed E-state index contributed by atoms with van der Waals surface area (Å²) in [5.41, 5.74) is 1.64. The van der Waals surface area contributed by atoms with E-state index in [2.05, 4.69) is 41.7 Å². The summed E-state index contributed by atoms with van der Waals surface area (Å²) in [6, 6.07) is 30.2. The molecular formula is C35H43NO3. The molecule has 4 nitrogen and oxygen atoms in total. The lowest BCUT2D eigenvalue weighted by Crippen LogP contribution is -2.61. The third-order valence-electron chi connectivity index (χ3n) is 8.86. The molecule has 2 N–H and O–H groups in total. The number of esters is 1. The monoisotopic (exact) mass is 525 g/mol. The summed E-state index contributed by atoms with van der Waals surface area (Å²) in [4.78, 5) is 14.3. The number of carbonyl (C=O) groups is 1. The van der Waals surface area contributed by atoms with Crippen molar-refractivity contribution in [2.24, 2.45) is 5.92 Å². The SMILES string of the molecule is O=C(O[C@@H]1CCCC[C@H]1c1ccccc1)[C@@](O)(Cc1ccccc1)[C@@H](NCc1ccccc1)C1CCCCC1. The minimum atomic E-state index is -1.67. The van der Waals surface area contributed by atoms with Gasteiger partial charge in [-0.1, -0.05) is 117 Å². The molecule has 0 radical (unpaired) electrons. The minimum absolute atomic E-state index is 0.162. The Hall–Kier alpha value is -2.95. The third kappa shape index (κ3) is 6.98. The highest BCUT2D eigenvalue weighted by molar-refractivity contribution is 5.81. The van der Waals surface area contributed by atoms with Gasteiger partial charge >= 0.3 is 5.97 Å². The molecule has 4 heteroatoms. The Kier molecular flexibility index (Phi) is 9.49.